The summed E-state index contributed by atoms with van der Waals surface area (Å²) in [5.41, 5.74) is 0.513. The highest BCUT2D eigenvalue weighted by Crippen LogP contribution is 2.29. The van der Waals surface area contributed by atoms with E-state index in [9.17, 15) is 18.5 Å². The van der Waals surface area contributed by atoms with E-state index in [-0.39, 0.29) is 17.1 Å². The number of carbonyl (C=O) groups is 1. The number of rotatable bonds is 8. The molecule has 0 aromatic heterocycles. The lowest BCUT2D eigenvalue weighted by Crippen LogP contribution is -2.36. The van der Waals surface area contributed by atoms with Crippen LogP contribution in [0.2, 0.25) is 0 Å². The van der Waals surface area contributed by atoms with Crippen molar-refractivity contribution >= 4 is 21.8 Å². The number of nitriles is 1. The van der Waals surface area contributed by atoms with Crippen molar-refractivity contribution < 1.29 is 22.7 Å². The maximum atomic E-state index is 12.3. The highest BCUT2D eigenvalue weighted by molar-refractivity contribution is 7.91. The molecule has 0 aliphatic carbocycles. The largest absolute Gasteiger partial charge is 0.493 e. The molecule has 1 fully saturated rings. The van der Waals surface area contributed by atoms with Gasteiger partial charge in [-0.05, 0) is 42.5 Å². The van der Waals surface area contributed by atoms with Gasteiger partial charge in [-0.15, -0.1) is 0 Å². The Morgan fingerprint density at radius 3 is 2.71 bits per heavy atom. The highest BCUT2D eigenvalue weighted by atomic mass is 32.2. The second-order valence-electron chi connectivity index (χ2n) is 7.18. The van der Waals surface area contributed by atoms with E-state index in [4.69, 9.17) is 9.47 Å². The Morgan fingerprint density at radius 2 is 2.14 bits per heavy atom. The van der Waals surface area contributed by atoms with Crippen molar-refractivity contribution in [1.82, 2.24) is 5.32 Å². The molecule has 1 aromatic rings. The number of methoxy groups -OCH3 is 1. The molecular formula is C20H26N2O5S. The van der Waals surface area contributed by atoms with Crippen molar-refractivity contribution in [2.75, 3.05) is 25.2 Å². The molecule has 0 saturated carbocycles. The molecule has 152 valence electrons. The molecular weight excluding hydrogens is 380 g/mol. The van der Waals surface area contributed by atoms with Crippen LogP contribution in [-0.4, -0.2) is 45.6 Å². The molecule has 1 aliphatic heterocycles. The number of nitrogens with one attached hydrogen (secondary N) is 1. The van der Waals surface area contributed by atoms with Gasteiger partial charge in [0.1, 0.15) is 11.6 Å². The molecule has 0 bridgehead atoms. The van der Waals surface area contributed by atoms with Crippen LogP contribution in [0, 0.1) is 17.2 Å². The van der Waals surface area contributed by atoms with Crippen LogP contribution in [0.3, 0.4) is 0 Å². The third kappa shape index (κ3) is 6.27. The quantitative estimate of drug-likeness (QED) is 0.525. The predicted molar refractivity (Wildman–Crippen MR) is 107 cm³/mol. The molecule has 0 unspecified atom stereocenters. The van der Waals surface area contributed by atoms with Gasteiger partial charge in [0, 0.05) is 6.04 Å². The normalized spacial score (nSPS) is 18.5. The van der Waals surface area contributed by atoms with Crippen molar-refractivity contribution in [3.63, 3.8) is 0 Å². The second-order valence-corrected chi connectivity index (χ2v) is 9.41. The number of amides is 1. The first-order valence-corrected chi connectivity index (χ1v) is 11.0. The zero-order valence-corrected chi connectivity index (χ0v) is 17.2. The molecule has 1 N–H and O–H groups in total. The monoisotopic (exact) mass is 406 g/mol. The zero-order chi connectivity index (χ0) is 20.7. The van der Waals surface area contributed by atoms with E-state index in [2.05, 4.69) is 19.2 Å². The van der Waals surface area contributed by atoms with E-state index < -0.39 is 21.8 Å². The van der Waals surface area contributed by atoms with E-state index in [1.54, 1.807) is 18.2 Å². The minimum atomic E-state index is -3.11. The topological polar surface area (TPSA) is 105 Å². The number of carbonyl (C=O) groups excluding carboxylic acids is 1. The molecule has 2 rings (SSSR count). The van der Waals surface area contributed by atoms with Gasteiger partial charge in [0.25, 0.3) is 5.91 Å². The highest BCUT2D eigenvalue weighted by Gasteiger charge is 2.29. The summed E-state index contributed by atoms with van der Waals surface area (Å²) in [6.45, 7) is 4.80. The van der Waals surface area contributed by atoms with Gasteiger partial charge in [0.15, 0.2) is 21.3 Å². The van der Waals surface area contributed by atoms with E-state index in [0.717, 1.165) is 6.42 Å². The smallest absolute Gasteiger partial charge is 0.262 e. The molecule has 1 amide bonds. The standard InChI is InChI=1S/C20H26N2O5S/c1-14(2)6-8-27-18-5-4-15(11-19(18)26-3)10-16(12-21)20(23)22-17-7-9-28(24,25)13-17/h4-5,10-11,14,17H,6-9,13H2,1-3H3,(H,22,23)/b16-10+/t17-/m0/s1. The summed E-state index contributed by atoms with van der Waals surface area (Å²) in [6, 6.07) is 6.57. The third-order valence-electron chi connectivity index (χ3n) is 4.38. The minimum Gasteiger partial charge on any atom is -0.493 e. The van der Waals surface area contributed by atoms with Crippen molar-refractivity contribution in [2.24, 2.45) is 5.92 Å². The molecule has 1 atom stereocenters. The van der Waals surface area contributed by atoms with Crippen molar-refractivity contribution in [3.05, 3.63) is 29.3 Å². The van der Waals surface area contributed by atoms with Crippen molar-refractivity contribution in [2.45, 2.75) is 32.7 Å². The number of sulfone groups is 1. The summed E-state index contributed by atoms with van der Waals surface area (Å²) in [5, 5.41) is 11.9. The number of benzene rings is 1. The lowest BCUT2D eigenvalue weighted by molar-refractivity contribution is -0.117. The summed E-state index contributed by atoms with van der Waals surface area (Å²) in [4.78, 5) is 12.3. The Hall–Kier alpha value is -2.53. The van der Waals surface area contributed by atoms with Gasteiger partial charge in [-0.25, -0.2) is 8.42 Å². The van der Waals surface area contributed by atoms with Crippen molar-refractivity contribution in [1.29, 1.82) is 5.26 Å². The van der Waals surface area contributed by atoms with Crippen LogP contribution in [0.25, 0.3) is 6.08 Å². The lowest BCUT2D eigenvalue weighted by Gasteiger charge is -2.13. The number of nitrogens with zero attached hydrogens (tertiary/aromatic N) is 1. The molecule has 1 heterocycles. The fourth-order valence-electron chi connectivity index (χ4n) is 2.79. The Kier molecular flexibility index (Phi) is 7.46. The lowest BCUT2D eigenvalue weighted by atomic mass is 10.1. The number of ether oxygens (including phenoxy) is 2. The summed E-state index contributed by atoms with van der Waals surface area (Å²) in [6.07, 6.45) is 2.72. The third-order valence-corrected chi connectivity index (χ3v) is 6.15. The van der Waals surface area contributed by atoms with Gasteiger partial charge in [-0.1, -0.05) is 19.9 Å². The fraction of sp³-hybridized carbons (Fsp3) is 0.500. The Bertz CT molecular complexity index is 884. The number of hydrogen-bond acceptors (Lipinski definition) is 6. The van der Waals surface area contributed by atoms with Gasteiger partial charge in [-0.3, -0.25) is 4.79 Å². The van der Waals surface area contributed by atoms with Gasteiger partial charge in [0.05, 0.1) is 25.2 Å². The molecule has 1 saturated heterocycles. The molecule has 0 spiro atoms. The first-order valence-electron chi connectivity index (χ1n) is 9.18. The average molecular weight is 407 g/mol. The van der Waals surface area contributed by atoms with Gasteiger partial charge < -0.3 is 14.8 Å². The first kappa shape index (κ1) is 21.8. The Labute approximate surface area is 166 Å². The summed E-state index contributed by atoms with van der Waals surface area (Å²) < 4.78 is 34.1. The number of hydrogen-bond donors (Lipinski definition) is 1. The molecule has 1 aromatic carbocycles. The maximum Gasteiger partial charge on any atom is 0.262 e. The van der Waals surface area contributed by atoms with Crippen LogP contribution >= 0.6 is 0 Å². The SMILES string of the molecule is COc1cc(/C=C(\C#N)C(=O)N[C@H]2CCS(=O)(=O)C2)ccc1OCCC(C)C. The van der Waals surface area contributed by atoms with Crippen LogP contribution in [0.15, 0.2) is 23.8 Å². The zero-order valence-electron chi connectivity index (χ0n) is 16.4. The van der Waals surface area contributed by atoms with E-state index in [1.807, 2.05) is 6.07 Å². The van der Waals surface area contributed by atoms with E-state index in [1.165, 1.54) is 13.2 Å². The molecule has 0 radical (unpaired) electrons. The fourth-order valence-corrected chi connectivity index (χ4v) is 4.46. The summed E-state index contributed by atoms with van der Waals surface area (Å²) in [7, 11) is -1.58. The minimum absolute atomic E-state index is 0.0546. The molecule has 8 heteroatoms. The van der Waals surface area contributed by atoms with E-state index in [0.29, 0.717) is 36.0 Å². The van der Waals surface area contributed by atoms with Gasteiger partial charge >= 0.3 is 0 Å². The second kappa shape index (κ2) is 9.60. The maximum absolute atomic E-state index is 12.3. The van der Waals surface area contributed by atoms with Crippen LogP contribution < -0.4 is 14.8 Å². The van der Waals surface area contributed by atoms with Crippen LogP contribution in [0.1, 0.15) is 32.3 Å². The average Bonchev–Trinajstić information content (AvgIpc) is 2.98. The van der Waals surface area contributed by atoms with Gasteiger partial charge in [-0.2, -0.15) is 5.26 Å². The first-order chi connectivity index (χ1) is 13.2. The van der Waals surface area contributed by atoms with Crippen LogP contribution in [0.5, 0.6) is 11.5 Å². The molecule has 1 aliphatic rings. The summed E-state index contributed by atoms with van der Waals surface area (Å²) in [5.74, 6) is 1.02. The molecule has 28 heavy (non-hydrogen) atoms. The van der Waals surface area contributed by atoms with Crippen LogP contribution in [0.4, 0.5) is 0 Å². The van der Waals surface area contributed by atoms with Crippen LogP contribution in [-0.2, 0) is 14.6 Å². The Balaban J connectivity index is 2.10. The predicted octanol–water partition coefficient (Wildman–Crippen LogP) is 2.33. The van der Waals surface area contributed by atoms with Gasteiger partial charge in [0.2, 0.25) is 0 Å². The van der Waals surface area contributed by atoms with E-state index >= 15 is 0 Å². The Morgan fingerprint density at radius 1 is 1.39 bits per heavy atom. The molecule has 7 nitrogen and oxygen atoms in total. The summed E-state index contributed by atoms with van der Waals surface area (Å²) >= 11 is 0. The van der Waals surface area contributed by atoms with Crippen molar-refractivity contribution in [3.8, 4) is 17.6 Å².